The van der Waals surface area contributed by atoms with Crippen LogP contribution in [0.15, 0.2) is 41.8 Å². The molecule has 0 bridgehead atoms. The molecular weight excluding hydrogens is 398 g/mol. The standard InChI is InChI=1S/C21H26F2N2O3S/c22-21(23)28-17-7-5-16(6-8-17)9-10-24-20(26)15-25(13-18-3-1-11-27-18)14-19-4-2-12-29-19/h2,4-8,12,18,21H,1,3,9-11,13-15H2,(H,24,26)/p+1/t18-/m1/s1. The van der Waals surface area contributed by atoms with Crippen molar-refractivity contribution in [1.82, 2.24) is 5.32 Å². The number of hydrogen-bond acceptors (Lipinski definition) is 4. The predicted molar refractivity (Wildman–Crippen MR) is 107 cm³/mol. The van der Waals surface area contributed by atoms with Gasteiger partial charge in [-0.3, -0.25) is 4.79 Å². The van der Waals surface area contributed by atoms with Crippen LogP contribution in [-0.4, -0.2) is 44.9 Å². The molecule has 5 nitrogen and oxygen atoms in total. The quantitative estimate of drug-likeness (QED) is 0.581. The lowest BCUT2D eigenvalue weighted by Crippen LogP contribution is -3.13. The summed E-state index contributed by atoms with van der Waals surface area (Å²) in [7, 11) is 0. The van der Waals surface area contributed by atoms with Gasteiger partial charge in [0.2, 0.25) is 0 Å². The molecule has 0 radical (unpaired) electrons. The van der Waals surface area contributed by atoms with Crippen LogP contribution in [0.25, 0.3) is 0 Å². The number of halogens is 2. The highest BCUT2D eigenvalue weighted by Gasteiger charge is 2.24. The van der Waals surface area contributed by atoms with Crippen molar-refractivity contribution in [1.29, 1.82) is 0 Å². The Morgan fingerprint density at radius 1 is 1.31 bits per heavy atom. The van der Waals surface area contributed by atoms with E-state index in [1.807, 2.05) is 6.07 Å². The van der Waals surface area contributed by atoms with Crippen molar-refractivity contribution in [2.45, 2.75) is 38.5 Å². The molecule has 0 spiro atoms. The minimum Gasteiger partial charge on any atom is -0.435 e. The topological polar surface area (TPSA) is 52.0 Å². The van der Waals surface area contributed by atoms with Crippen molar-refractivity contribution in [3.8, 4) is 5.75 Å². The van der Waals surface area contributed by atoms with Crippen molar-refractivity contribution in [2.24, 2.45) is 0 Å². The van der Waals surface area contributed by atoms with E-state index < -0.39 is 6.61 Å². The van der Waals surface area contributed by atoms with Crippen LogP contribution >= 0.6 is 11.3 Å². The molecule has 2 N–H and O–H groups in total. The lowest BCUT2D eigenvalue weighted by molar-refractivity contribution is -0.908. The first kappa shape index (κ1) is 21.7. The van der Waals surface area contributed by atoms with Gasteiger partial charge in [0.15, 0.2) is 6.54 Å². The molecule has 2 aromatic rings. The maximum Gasteiger partial charge on any atom is 0.387 e. The SMILES string of the molecule is O=C(C[NH+](Cc1cccs1)C[C@H]1CCCO1)NCCc1ccc(OC(F)F)cc1. The van der Waals surface area contributed by atoms with Crippen LogP contribution in [0.2, 0.25) is 0 Å². The summed E-state index contributed by atoms with van der Waals surface area (Å²) in [6, 6.07) is 10.6. The number of nitrogens with one attached hydrogen (secondary N) is 2. The number of hydrogen-bond donors (Lipinski definition) is 2. The summed E-state index contributed by atoms with van der Waals surface area (Å²) >= 11 is 1.71. The van der Waals surface area contributed by atoms with E-state index in [2.05, 4.69) is 21.5 Å². The summed E-state index contributed by atoms with van der Waals surface area (Å²) in [5, 5.41) is 5.02. The van der Waals surface area contributed by atoms with E-state index in [1.165, 1.54) is 21.9 Å². The summed E-state index contributed by atoms with van der Waals surface area (Å²) in [6.07, 6.45) is 3.00. The van der Waals surface area contributed by atoms with Crippen LogP contribution in [0.4, 0.5) is 8.78 Å². The first-order chi connectivity index (χ1) is 14.1. The fourth-order valence-corrected chi connectivity index (χ4v) is 4.24. The second-order valence-electron chi connectivity index (χ2n) is 7.14. The molecule has 1 saturated heterocycles. The summed E-state index contributed by atoms with van der Waals surface area (Å²) in [6.45, 7) is 0.533. The summed E-state index contributed by atoms with van der Waals surface area (Å²) < 4.78 is 34.5. The Balaban J connectivity index is 1.43. The minimum atomic E-state index is -2.82. The molecule has 29 heavy (non-hydrogen) atoms. The van der Waals surface area contributed by atoms with Crippen LogP contribution in [0, 0.1) is 0 Å². The number of amides is 1. The summed E-state index contributed by atoms with van der Waals surface area (Å²) in [4.78, 5) is 14.9. The second-order valence-corrected chi connectivity index (χ2v) is 8.18. The maximum absolute atomic E-state index is 12.4. The Bertz CT molecular complexity index is 735. The minimum absolute atomic E-state index is 0.00667. The second kappa shape index (κ2) is 11.2. The van der Waals surface area contributed by atoms with Gasteiger partial charge in [-0.15, -0.1) is 11.3 Å². The number of benzene rings is 1. The lowest BCUT2D eigenvalue weighted by Gasteiger charge is -2.21. The third-order valence-corrected chi connectivity index (χ3v) is 5.72. The third-order valence-electron chi connectivity index (χ3n) is 4.84. The van der Waals surface area contributed by atoms with Crippen LogP contribution in [0.1, 0.15) is 23.3 Å². The zero-order valence-corrected chi connectivity index (χ0v) is 17.1. The largest absolute Gasteiger partial charge is 0.435 e. The number of quaternary nitrogens is 1. The molecule has 2 atom stereocenters. The van der Waals surface area contributed by atoms with Gasteiger partial charge in [-0.1, -0.05) is 18.2 Å². The molecule has 1 amide bonds. The first-order valence-electron chi connectivity index (χ1n) is 9.86. The molecule has 1 fully saturated rings. The molecule has 1 aromatic carbocycles. The van der Waals surface area contributed by atoms with Gasteiger partial charge in [0, 0.05) is 13.2 Å². The van der Waals surface area contributed by atoms with Crippen molar-refractivity contribution in [3.05, 3.63) is 52.2 Å². The van der Waals surface area contributed by atoms with Gasteiger partial charge in [-0.25, -0.2) is 0 Å². The average Bonchev–Trinajstić information content (AvgIpc) is 3.37. The van der Waals surface area contributed by atoms with E-state index >= 15 is 0 Å². The number of carbonyl (C=O) groups excluding carboxylic acids is 1. The normalized spacial score (nSPS) is 17.4. The Labute approximate surface area is 173 Å². The highest BCUT2D eigenvalue weighted by molar-refractivity contribution is 7.09. The molecule has 3 rings (SSSR count). The Morgan fingerprint density at radius 2 is 2.14 bits per heavy atom. The zero-order chi connectivity index (χ0) is 20.5. The Kier molecular flexibility index (Phi) is 8.39. The van der Waals surface area contributed by atoms with E-state index in [0.717, 1.165) is 38.1 Å². The van der Waals surface area contributed by atoms with Crippen LogP contribution in [0.5, 0.6) is 5.75 Å². The van der Waals surface area contributed by atoms with Crippen molar-refractivity contribution in [2.75, 3.05) is 26.2 Å². The van der Waals surface area contributed by atoms with E-state index in [-0.39, 0.29) is 17.8 Å². The predicted octanol–water partition coefficient (Wildman–Crippen LogP) is 2.27. The van der Waals surface area contributed by atoms with Gasteiger partial charge in [-0.2, -0.15) is 8.78 Å². The smallest absolute Gasteiger partial charge is 0.387 e. The molecule has 0 saturated carbocycles. The van der Waals surface area contributed by atoms with Gasteiger partial charge in [0.05, 0.1) is 4.88 Å². The van der Waals surface area contributed by atoms with Gasteiger partial charge in [0.25, 0.3) is 5.91 Å². The van der Waals surface area contributed by atoms with E-state index in [4.69, 9.17) is 4.74 Å². The van der Waals surface area contributed by atoms with Gasteiger partial charge in [0.1, 0.15) is 24.9 Å². The summed E-state index contributed by atoms with van der Waals surface area (Å²) in [5.74, 6) is 0.141. The average molecular weight is 426 g/mol. The van der Waals surface area contributed by atoms with Crippen LogP contribution < -0.4 is 15.0 Å². The van der Waals surface area contributed by atoms with Gasteiger partial charge >= 0.3 is 6.61 Å². The molecule has 1 aliphatic heterocycles. The number of rotatable bonds is 11. The highest BCUT2D eigenvalue weighted by atomic mass is 32.1. The highest BCUT2D eigenvalue weighted by Crippen LogP contribution is 2.15. The van der Waals surface area contributed by atoms with E-state index in [9.17, 15) is 13.6 Å². The Morgan fingerprint density at radius 3 is 2.79 bits per heavy atom. The molecule has 8 heteroatoms. The van der Waals surface area contributed by atoms with E-state index in [1.54, 1.807) is 23.5 Å². The third kappa shape index (κ3) is 7.72. The molecule has 2 heterocycles. The number of ether oxygens (including phenoxy) is 2. The molecule has 158 valence electrons. The number of carbonyl (C=O) groups is 1. The van der Waals surface area contributed by atoms with E-state index in [0.29, 0.717) is 19.5 Å². The molecule has 1 aliphatic rings. The zero-order valence-electron chi connectivity index (χ0n) is 16.2. The summed E-state index contributed by atoms with van der Waals surface area (Å²) in [5.41, 5.74) is 0.953. The van der Waals surface area contributed by atoms with Crippen molar-refractivity contribution < 1.29 is 27.9 Å². The molecule has 1 aromatic heterocycles. The fourth-order valence-electron chi connectivity index (χ4n) is 3.47. The van der Waals surface area contributed by atoms with Crippen LogP contribution in [0.3, 0.4) is 0 Å². The molecule has 0 aliphatic carbocycles. The van der Waals surface area contributed by atoms with Gasteiger partial charge < -0.3 is 19.7 Å². The van der Waals surface area contributed by atoms with Gasteiger partial charge in [-0.05, 0) is 48.4 Å². The number of thiophene rings is 1. The van der Waals surface area contributed by atoms with Crippen molar-refractivity contribution >= 4 is 17.2 Å². The van der Waals surface area contributed by atoms with Crippen LogP contribution in [-0.2, 0) is 22.5 Å². The number of alkyl halides is 2. The molecular formula is C21H27F2N2O3S+. The maximum atomic E-state index is 12.4. The fraction of sp³-hybridized carbons (Fsp3) is 0.476. The van der Waals surface area contributed by atoms with Crippen molar-refractivity contribution in [3.63, 3.8) is 0 Å². The monoisotopic (exact) mass is 425 g/mol. The lowest BCUT2D eigenvalue weighted by atomic mass is 10.1. The Hall–Kier alpha value is -2.03. The first-order valence-corrected chi connectivity index (χ1v) is 10.7. The molecule has 1 unspecified atom stereocenters.